The summed E-state index contributed by atoms with van der Waals surface area (Å²) in [5.41, 5.74) is 1.28. The predicted molar refractivity (Wildman–Crippen MR) is 120 cm³/mol. The highest BCUT2D eigenvalue weighted by Crippen LogP contribution is 2.28. The van der Waals surface area contributed by atoms with Crippen LogP contribution in [-0.2, 0) is 11.2 Å². The number of nitrogens with zero attached hydrogens (tertiary/aromatic N) is 2. The molecule has 0 spiro atoms. The molecule has 1 saturated carbocycles. The van der Waals surface area contributed by atoms with Crippen LogP contribution in [0, 0.1) is 0 Å². The van der Waals surface area contributed by atoms with Gasteiger partial charge in [-0.1, -0.05) is 18.2 Å². The molecule has 1 fully saturated rings. The van der Waals surface area contributed by atoms with Gasteiger partial charge in [0.15, 0.2) is 5.96 Å². The van der Waals surface area contributed by atoms with Crippen molar-refractivity contribution in [3.05, 3.63) is 29.8 Å². The van der Waals surface area contributed by atoms with E-state index in [4.69, 9.17) is 14.5 Å². The lowest BCUT2D eigenvalue weighted by Gasteiger charge is -2.22. The molecule has 0 amide bonds. The summed E-state index contributed by atoms with van der Waals surface area (Å²) in [6.07, 6.45) is 3.70. The molecule has 1 aliphatic carbocycles. The predicted octanol–water partition coefficient (Wildman–Crippen LogP) is 2.27. The van der Waals surface area contributed by atoms with Crippen molar-refractivity contribution in [2.45, 2.75) is 38.3 Å². The van der Waals surface area contributed by atoms with Crippen molar-refractivity contribution in [1.29, 1.82) is 0 Å². The summed E-state index contributed by atoms with van der Waals surface area (Å²) >= 11 is 0. The van der Waals surface area contributed by atoms with Gasteiger partial charge in [0.2, 0.25) is 0 Å². The van der Waals surface area contributed by atoms with E-state index in [1.807, 2.05) is 12.1 Å². The minimum Gasteiger partial charge on any atom is -0.488 e. The highest BCUT2D eigenvalue weighted by atomic mass is 127. The molecule has 2 N–H and O–H groups in total. The molecule has 1 unspecified atom stereocenters. The maximum Gasteiger partial charge on any atom is 0.191 e. The number of methoxy groups -OCH3 is 1. The summed E-state index contributed by atoms with van der Waals surface area (Å²) in [6, 6.07) is 9.00. The molecule has 2 aliphatic rings. The summed E-state index contributed by atoms with van der Waals surface area (Å²) in [4.78, 5) is 7.23. The van der Waals surface area contributed by atoms with E-state index < -0.39 is 0 Å². The van der Waals surface area contributed by atoms with Crippen molar-refractivity contribution < 1.29 is 9.47 Å². The highest BCUT2D eigenvalue weighted by molar-refractivity contribution is 14.0. The van der Waals surface area contributed by atoms with Gasteiger partial charge in [-0.2, -0.15) is 0 Å². The van der Waals surface area contributed by atoms with Crippen molar-refractivity contribution >= 4 is 29.9 Å². The van der Waals surface area contributed by atoms with E-state index in [0.29, 0.717) is 6.54 Å². The lowest BCUT2D eigenvalue weighted by molar-refractivity contribution is 0.144. The normalized spacial score (nSPS) is 18.6. The zero-order chi connectivity index (χ0) is 18.2. The Balaban J connectivity index is 0.00000261. The second-order valence-corrected chi connectivity index (χ2v) is 6.96. The second-order valence-electron chi connectivity index (χ2n) is 6.96. The number of hydrogen-bond acceptors (Lipinski definition) is 4. The molecule has 1 aliphatic heterocycles. The van der Waals surface area contributed by atoms with Crippen LogP contribution in [0.3, 0.4) is 0 Å². The Labute approximate surface area is 180 Å². The summed E-state index contributed by atoms with van der Waals surface area (Å²) in [7, 11) is 1.77. The number of halogens is 1. The van der Waals surface area contributed by atoms with Gasteiger partial charge in [0.1, 0.15) is 11.9 Å². The van der Waals surface area contributed by atoms with Gasteiger partial charge in [0.05, 0.1) is 13.2 Å². The van der Waals surface area contributed by atoms with E-state index in [-0.39, 0.29) is 30.1 Å². The van der Waals surface area contributed by atoms with Crippen LogP contribution < -0.4 is 15.4 Å². The fraction of sp³-hybridized carbons (Fsp3) is 0.650. The van der Waals surface area contributed by atoms with Crippen molar-refractivity contribution in [3.63, 3.8) is 0 Å². The monoisotopic (exact) mass is 488 g/mol. The van der Waals surface area contributed by atoms with Gasteiger partial charge < -0.3 is 20.1 Å². The number of nitrogens with one attached hydrogen (secondary N) is 2. The lowest BCUT2D eigenvalue weighted by Crippen LogP contribution is -2.43. The van der Waals surface area contributed by atoms with Crippen LogP contribution in [0.5, 0.6) is 5.75 Å². The average Bonchev–Trinajstić information content (AvgIpc) is 3.41. The second kappa shape index (κ2) is 11.7. The molecule has 27 heavy (non-hydrogen) atoms. The Morgan fingerprint density at radius 2 is 2.07 bits per heavy atom. The lowest BCUT2D eigenvalue weighted by atomic mass is 10.1. The first kappa shape index (κ1) is 22.2. The molecule has 0 radical (unpaired) electrons. The van der Waals surface area contributed by atoms with E-state index in [2.05, 4.69) is 34.6 Å². The summed E-state index contributed by atoms with van der Waals surface area (Å²) in [5.74, 6) is 1.87. The summed E-state index contributed by atoms with van der Waals surface area (Å²) in [6.45, 7) is 7.32. The van der Waals surface area contributed by atoms with Crippen molar-refractivity contribution in [3.8, 4) is 5.75 Å². The van der Waals surface area contributed by atoms with E-state index >= 15 is 0 Å². The molecule has 1 aromatic rings. The quantitative estimate of drug-likeness (QED) is 0.301. The molecule has 6 nitrogen and oxygen atoms in total. The van der Waals surface area contributed by atoms with Crippen LogP contribution in [-0.4, -0.2) is 69.4 Å². The van der Waals surface area contributed by atoms with E-state index in [1.54, 1.807) is 7.11 Å². The largest absolute Gasteiger partial charge is 0.488 e. The first-order chi connectivity index (χ1) is 12.8. The third-order valence-corrected chi connectivity index (χ3v) is 4.85. The number of aliphatic imine (C=N–C) groups is 1. The summed E-state index contributed by atoms with van der Waals surface area (Å²) < 4.78 is 11.2. The van der Waals surface area contributed by atoms with Crippen molar-refractivity contribution in [1.82, 2.24) is 15.5 Å². The highest BCUT2D eigenvalue weighted by Gasteiger charge is 2.28. The van der Waals surface area contributed by atoms with Crippen molar-refractivity contribution in [2.24, 2.45) is 4.99 Å². The number of hydrogen-bond donors (Lipinski definition) is 2. The smallest absolute Gasteiger partial charge is 0.191 e. The Morgan fingerprint density at radius 1 is 1.26 bits per heavy atom. The van der Waals surface area contributed by atoms with Crippen LogP contribution in [0.15, 0.2) is 29.3 Å². The third kappa shape index (κ3) is 7.12. The fourth-order valence-electron chi connectivity index (χ4n) is 3.33. The third-order valence-electron chi connectivity index (χ3n) is 4.85. The Bertz CT molecular complexity index is 570. The first-order valence-electron chi connectivity index (χ1n) is 9.80. The number of para-hydroxylation sites is 1. The number of benzene rings is 1. The van der Waals surface area contributed by atoms with Gasteiger partial charge in [-0.25, -0.2) is 4.99 Å². The van der Waals surface area contributed by atoms with Gasteiger partial charge in [0, 0.05) is 45.8 Å². The maximum absolute atomic E-state index is 5.98. The van der Waals surface area contributed by atoms with Gasteiger partial charge >= 0.3 is 0 Å². The van der Waals surface area contributed by atoms with Gasteiger partial charge in [-0.3, -0.25) is 4.90 Å². The van der Waals surface area contributed by atoms with Gasteiger partial charge in [0.25, 0.3) is 0 Å². The first-order valence-corrected chi connectivity index (χ1v) is 9.80. The molecule has 0 aromatic heterocycles. The average molecular weight is 488 g/mol. The van der Waals surface area contributed by atoms with E-state index in [1.165, 1.54) is 18.4 Å². The van der Waals surface area contributed by atoms with E-state index in [9.17, 15) is 0 Å². The van der Waals surface area contributed by atoms with Crippen LogP contribution in [0.1, 0.15) is 25.3 Å². The van der Waals surface area contributed by atoms with E-state index in [0.717, 1.165) is 57.0 Å². The number of guanidine groups is 1. The summed E-state index contributed by atoms with van der Waals surface area (Å²) in [5, 5.41) is 6.79. The molecule has 7 heteroatoms. The minimum atomic E-state index is 0. The minimum absolute atomic E-state index is 0. The van der Waals surface area contributed by atoms with Gasteiger partial charge in [-0.05, 0) is 31.4 Å². The number of fused-ring (bicyclic) bond motifs is 1. The molecule has 0 saturated heterocycles. The molecule has 152 valence electrons. The van der Waals surface area contributed by atoms with Crippen LogP contribution in [0.2, 0.25) is 0 Å². The SMILES string of the molecule is CCNC(=NCC1Cc2ccccc2O1)NCCN(CCOC)C1CC1.I. The molecule has 1 atom stereocenters. The number of rotatable bonds is 10. The molecule has 1 aromatic carbocycles. The molecular weight excluding hydrogens is 455 g/mol. The number of ether oxygens (including phenoxy) is 2. The zero-order valence-electron chi connectivity index (χ0n) is 16.4. The topological polar surface area (TPSA) is 58.1 Å². The molecular formula is C20H33IN4O2. The Morgan fingerprint density at radius 3 is 2.78 bits per heavy atom. The van der Waals surface area contributed by atoms with Crippen molar-refractivity contribution in [2.75, 3.05) is 46.4 Å². The molecule has 3 rings (SSSR count). The molecule has 1 heterocycles. The van der Waals surface area contributed by atoms with Crippen LogP contribution in [0.25, 0.3) is 0 Å². The maximum atomic E-state index is 5.98. The van der Waals surface area contributed by atoms with Gasteiger partial charge in [-0.15, -0.1) is 24.0 Å². The van der Waals surface area contributed by atoms with Crippen LogP contribution >= 0.6 is 24.0 Å². The Hall–Kier alpha value is -1.06. The zero-order valence-corrected chi connectivity index (χ0v) is 18.8. The standard InChI is InChI=1S/C20H32N4O2.HI/c1-3-21-20(22-10-11-24(12-13-25-2)17-8-9-17)23-15-18-14-16-6-4-5-7-19(16)26-18;/h4-7,17-18H,3,8-15H2,1-2H3,(H2,21,22,23);1H. The molecule has 0 bridgehead atoms. The van der Waals surface area contributed by atoms with Crippen LogP contribution in [0.4, 0.5) is 0 Å². The fourth-order valence-corrected chi connectivity index (χ4v) is 3.33. The Kier molecular flexibility index (Phi) is 9.64.